The smallest absolute Gasteiger partial charge is 0.265 e. The standard InChI is InChI=1S/C12H14ClN3O2S/c1-7-6-10(13)4-5-11(7)16-19(17,18)12-8(2)14-15-9(12)3/h4-6,16H,1-3H3,(H,14,15). The Labute approximate surface area is 117 Å². The SMILES string of the molecule is Cc1cc(Cl)ccc1NS(=O)(=O)c1c(C)n[nH]c1C. The molecule has 1 heterocycles. The average Bonchev–Trinajstić information content (AvgIpc) is 2.63. The Morgan fingerprint density at radius 3 is 2.47 bits per heavy atom. The maximum absolute atomic E-state index is 12.3. The highest BCUT2D eigenvalue weighted by atomic mass is 35.5. The molecule has 2 N–H and O–H groups in total. The molecule has 102 valence electrons. The van der Waals surface area contributed by atoms with Gasteiger partial charge in [0.15, 0.2) is 0 Å². The topological polar surface area (TPSA) is 74.8 Å². The summed E-state index contributed by atoms with van der Waals surface area (Å²) in [6, 6.07) is 4.98. The number of hydrogen-bond donors (Lipinski definition) is 2. The first-order chi connectivity index (χ1) is 8.81. The molecule has 0 bridgehead atoms. The van der Waals surface area contributed by atoms with Crippen molar-refractivity contribution >= 4 is 27.3 Å². The first-order valence-corrected chi connectivity index (χ1v) is 7.48. The molecular weight excluding hydrogens is 286 g/mol. The van der Waals surface area contributed by atoms with Gasteiger partial charge in [0.1, 0.15) is 4.90 Å². The van der Waals surface area contributed by atoms with E-state index >= 15 is 0 Å². The Hall–Kier alpha value is -1.53. The van der Waals surface area contributed by atoms with Gasteiger partial charge in [0.2, 0.25) is 0 Å². The molecular formula is C12H14ClN3O2S. The van der Waals surface area contributed by atoms with Gasteiger partial charge in [0, 0.05) is 5.02 Å². The quantitative estimate of drug-likeness (QED) is 0.915. The number of halogens is 1. The molecule has 0 radical (unpaired) electrons. The van der Waals surface area contributed by atoms with Gasteiger partial charge in [-0.3, -0.25) is 9.82 Å². The predicted octanol–water partition coefficient (Wildman–Crippen LogP) is 2.79. The maximum atomic E-state index is 12.3. The van der Waals surface area contributed by atoms with Gasteiger partial charge in [-0.2, -0.15) is 5.10 Å². The number of H-pyrrole nitrogens is 1. The summed E-state index contributed by atoms with van der Waals surface area (Å²) in [5, 5.41) is 7.12. The van der Waals surface area contributed by atoms with Crippen molar-refractivity contribution in [2.45, 2.75) is 25.7 Å². The second-order valence-corrected chi connectivity index (χ2v) is 6.38. The second-order valence-electron chi connectivity index (χ2n) is 4.33. The van der Waals surface area contributed by atoms with E-state index in [2.05, 4.69) is 14.9 Å². The summed E-state index contributed by atoms with van der Waals surface area (Å²) in [6.45, 7) is 5.11. The van der Waals surface area contributed by atoms with Crippen LogP contribution in [0.2, 0.25) is 5.02 Å². The first kappa shape index (κ1) is 13.9. The Bertz CT molecular complexity index is 703. The van der Waals surface area contributed by atoms with Gasteiger partial charge in [0.25, 0.3) is 10.0 Å². The van der Waals surface area contributed by atoms with Crippen LogP contribution in [0.5, 0.6) is 0 Å². The largest absolute Gasteiger partial charge is 0.281 e. The van der Waals surface area contributed by atoms with Crippen molar-refractivity contribution in [3.8, 4) is 0 Å². The normalized spacial score (nSPS) is 11.6. The van der Waals surface area contributed by atoms with Crippen LogP contribution < -0.4 is 4.72 Å². The van der Waals surface area contributed by atoms with Crippen molar-refractivity contribution in [3.05, 3.63) is 40.2 Å². The number of nitrogens with zero attached hydrogens (tertiary/aromatic N) is 1. The summed E-state index contributed by atoms with van der Waals surface area (Å²) in [4.78, 5) is 0.182. The molecule has 0 aliphatic rings. The van der Waals surface area contributed by atoms with E-state index in [0.717, 1.165) is 5.56 Å². The van der Waals surface area contributed by atoms with Gasteiger partial charge >= 0.3 is 0 Å². The van der Waals surface area contributed by atoms with Crippen molar-refractivity contribution in [1.82, 2.24) is 10.2 Å². The van der Waals surface area contributed by atoms with Gasteiger partial charge < -0.3 is 0 Å². The molecule has 7 heteroatoms. The van der Waals surface area contributed by atoms with E-state index in [4.69, 9.17) is 11.6 Å². The molecule has 0 saturated carbocycles. The molecule has 0 amide bonds. The van der Waals surface area contributed by atoms with E-state index in [1.54, 1.807) is 39.0 Å². The minimum absolute atomic E-state index is 0.182. The molecule has 2 aromatic rings. The Morgan fingerprint density at radius 1 is 1.26 bits per heavy atom. The molecule has 0 aliphatic carbocycles. The number of aromatic amines is 1. The minimum Gasteiger partial charge on any atom is -0.281 e. The molecule has 0 spiro atoms. The molecule has 0 fully saturated rings. The summed E-state index contributed by atoms with van der Waals surface area (Å²) >= 11 is 5.85. The molecule has 0 unspecified atom stereocenters. The summed E-state index contributed by atoms with van der Waals surface area (Å²) in [5.41, 5.74) is 2.22. The molecule has 0 aliphatic heterocycles. The van der Waals surface area contributed by atoms with Crippen molar-refractivity contribution in [1.29, 1.82) is 0 Å². The van der Waals surface area contributed by atoms with Crippen molar-refractivity contribution in [2.75, 3.05) is 4.72 Å². The monoisotopic (exact) mass is 299 g/mol. The van der Waals surface area contributed by atoms with Gasteiger partial charge in [-0.15, -0.1) is 0 Å². The van der Waals surface area contributed by atoms with Gasteiger partial charge in [-0.1, -0.05) is 11.6 Å². The van der Waals surface area contributed by atoms with Gasteiger partial charge in [-0.25, -0.2) is 8.42 Å². The van der Waals surface area contributed by atoms with Crippen LogP contribution in [-0.4, -0.2) is 18.6 Å². The van der Waals surface area contributed by atoms with Crippen LogP contribution in [0.25, 0.3) is 0 Å². The van der Waals surface area contributed by atoms with E-state index in [1.807, 2.05) is 0 Å². The summed E-state index contributed by atoms with van der Waals surface area (Å²) < 4.78 is 27.2. The van der Waals surface area contributed by atoms with E-state index in [0.29, 0.717) is 22.1 Å². The predicted molar refractivity (Wildman–Crippen MR) is 75.1 cm³/mol. The van der Waals surface area contributed by atoms with Crippen LogP contribution in [0.1, 0.15) is 17.0 Å². The van der Waals surface area contributed by atoms with Crippen molar-refractivity contribution in [3.63, 3.8) is 0 Å². The lowest BCUT2D eigenvalue weighted by molar-refractivity contribution is 0.600. The van der Waals surface area contributed by atoms with E-state index in [-0.39, 0.29) is 4.90 Å². The van der Waals surface area contributed by atoms with Crippen LogP contribution in [0.3, 0.4) is 0 Å². The van der Waals surface area contributed by atoms with Crippen LogP contribution in [-0.2, 0) is 10.0 Å². The zero-order valence-electron chi connectivity index (χ0n) is 10.8. The second kappa shape index (κ2) is 4.86. The van der Waals surface area contributed by atoms with Gasteiger partial charge in [0.05, 0.1) is 17.1 Å². The molecule has 2 rings (SSSR count). The van der Waals surface area contributed by atoms with E-state index in [9.17, 15) is 8.42 Å². The zero-order valence-corrected chi connectivity index (χ0v) is 12.4. The lowest BCUT2D eigenvalue weighted by Crippen LogP contribution is -2.15. The summed E-state index contributed by atoms with van der Waals surface area (Å²) in [6.07, 6.45) is 0. The highest BCUT2D eigenvalue weighted by Crippen LogP contribution is 2.24. The lowest BCUT2D eigenvalue weighted by Gasteiger charge is -2.10. The maximum Gasteiger partial charge on any atom is 0.265 e. The van der Waals surface area contributed by atoms with Crippen molar-refractivity contribution < 1.29 is 8.42 Å². The highest BCUT2D eigenvalue weighted by molar-refractivity contribution is 7.92. The number of hydrogen-bond acceptors (Lipinski definition) is 3. The third-order valence-corrected chi connectivity index (χ3v) is 4.62. The van der Waals surface area contributed by atoms with E-state index in [1.165, 1.54) is 0 Å². The van der Waals surface area contributed by atoms with E-state index < -0.39 is 10.0 Å². The molecule has 1 aromatic heterocycles. The average molecular weight is 300 g/mol. The highest BCUT2D eigenvalue weighted by Gasteiger charge is 2.22. The number of anilines is 1. The lowest BCUT2D eigenvalue weighted by atomic mass is 10.2. The van der Waals surface area contributed by atoms with Gasteiger partial charge in [-0.05, 0) is 44.5 Å². The summed E-state index contributed by atoms with van der Waals surface area (Å²) in [5.74, 6) is 0. The fraction of sp³-hybridized carbons (Fsp3) is 0.250. The molecule has 0 saturated heterocycles. The number of rotatable bonds is 3. The van der Waals surface area contributed by atoms with Crippen LogP contribution in [0.4, 0.5) is 5.69 Å². The summed E-state index contributed by atoms with van der Waals surface area (Å²) in [7, 11) is -3.65. The Morgan fingerprint density at radius 2 is 1.95 bits per heavy atom. The molecule has 0 atom stereocenters. The third-order valence-electron chi connectivity index (χ3n) is 2.76. The molecule has 5 nitrogen and oxygen atoms in total. The fourth-order valence-corrected chi connectivity index (χ4v) is 3.60. The number of sulfonamides is 1. The van der Waals surface area contributed by atoms with Crippen LogP contribution >= 0.6 is 11.6 Å². The first-order valence-electron chi connectivity index (χ1n) is 5.62. The van der Waals surface area contributed by atoms with Crippen molar-refractivity contribution in [2.24, 2.45) is 0 Å². The fourth-order valence-electron chi connectivity index (χ4n) is 1.87. The Kier molecular flexibility index (Phi) is 3.56. The number of benzene rings is 1. The number of aryl methyl sites for hydroxylation is 3. The van der Waals surface area contributed by atoms with Crippen LogP contribution in [0, 0.1) is 20.8 Å². The third kappa shape index (κ3) is 2.74. The van der Waals surface area contributed by atoms with Crippen LogP contribution in [0.15, 0.2) is 23.1 Å². The minimum atomic E-state index is -3.65. The Balaban J connectivity index is 2.42. The molecule has 19 heavy (non-hydrogen) atoms. The number of aromatic nitrogens is 2. The molecule has 1 aromatic carbocycles. The zero-order chi connectivity index (χ0) is 14.2. The number of nitrogens with one attached hydrogen (secondary N) is 2.